The third-order valence-electron chi connectivity index (χ3n) is 3.18. The molecule has 1 heterocycles. The van der Waals surface area contributed by atoms with E-state index in [9.17, 15) is 18.4 Å². The van der Waals surface area contributed by atoms with Gasteiger partial charge in [-0.15, -0.1) is 5.10 Å². The van der Waals surface area contributed by atoms with Gasteiger partial charge in [-0.1, -0.05) is 24.3 Å². The van der Waals surface area contributed by atoms with Crippen LogP contribution in [0.2, 0.25) is 0 Å². The lowest BCUT2D eigenvalue weighted by molar-refractivity contribution is 0.101. The molecule has 25 heavy (non-hydrogen) atoms. The quantitative estimate of drug-likeness (QED) is 0.678. The number of carbonyl (C=O) groups excluding carboxylic acids is 2. The van der Waals surface area contributed by atoms with Crippen LogP contribution >= 0.6 is 0 Å². The van der Waals surface area contributed by atoms with E-state index in [4.69, 9.17) is 0 Å². The SMILES string of the molecule is O=C(Nc1n[nH]c(NC(=O)c2ccccc2F)n1)c1ccccc1F. The molecule has 3 N–H and O–H groups in total. The first kappa shape index (κ1) is 16.2. The lowest BCUT2D eigenvalue weighted by Gasteiger charge is -2.02. The number of nitrogens with one attached hydrogen (secondary N) is 3. The van der Waals surface area contributed by atoms with E-state index in [1.54, 1.807) is 0 Å². The Morgan fingerprint density at radius 1 is 0.840 bits per heavy atom. The second kappa shape index (κ2) is 6.87. The van der Waals surface area contributed by atoms with Crippen LogP contribution in [0.4, 0.5) is 20.7 Å². The molecular formula is C16H11F2N5O2. The molecule has 0 atom stereocenters. The molecule has 9 heteroatoms. The van der Waals surface area contributed by atoms with E-state index in [2.05, 4.69) is 25.8 Å². The van der Waals surface area contributed by atoms with Crippen LogP contribution in [-0.2, 0) is 0 Å². The summed E-state index contributed by atoms with van der Waals surface area (Å²) in [7, 11) is 0. The number of benzene rings is 2. The summed E-state index contributed by atoms with van der Waals surface area (Å²) in [6.45, 7) is 0. The molecule has 0 spiro atoms. The molecule has 1 aromatic heterocycles. The smallest absolute Gasteiger partial charge is 0.261 e. The van der Waals surface area contributed by atoms with E-state index in [1.807, 2.05) is 0 Å². The van der Waals surface area contributed by atoms with Crippen molar-refractivity contribution in [2.45, 2.75) is 0 Å². The zero-order chi connectivity index (χ0) is 17.8. The van der Waals surface area contributed by atoms with Gasteiger partial charge in [-0.3, -0.25) is 20.2 Å². The highest BCUT2D eigenvalue weighted by atomic mass is 19.1. The number of halogens is 2. The summed E-state index contributed by atoms with van der Waals surface area (Å²) in [5, 5.41) is 10.7. The maximum Gasteiger partial charge on any atom is 0.261 e. The Balaban J connectivity index is 1.69. The standard InChI is InChI=1S/C16H11F2N5O2/c17-11-7-3-1-5-9(11)13(24)19-15-21-16(23-22-15)20-14(25)10-6-2-4-8-12(10)18/h1-8H,(H3,19,20,21,22,23,24,25). The van der Waals surface area contributed by atoms with E-state index in [-0.39, 0.29) is 23.0 Å². The number of H-pyrrole nitrogens is 1. The number of rotatable bonds is 4. The molecule has 0 aliphatic carbocycles. The van der Waals surface area contributed by atoms with Gasteiger partial charge in [0.15, 0.2) is 0 Å². The normalized spacial score (nSPS) is 10.3. The van der Waals surface area contributed by atoms with Crippen LogP contribution in [0.5, 0.6) is 0 Å². The molecule has 0 bridgehead atoms. The first-order valence-electron chi connectivity index (χ1n) is 7.09. The van der Waals surface area contributed by atoms with Gasteiger partial charge in [0.2, 0.25) is 5.95 Å². The minimum atomic E-state index is -0.746. The highest BCUT2D eigenvalue weighted by Crippen LogP contribution is 2.12. The fourth-order valence-electron chi connectivity index (χ4n) is 2.01. The van der Waals surface area contributed by atoms with Crippen molar-refractivity contribution in [2.75, 3.05) is 10.6 Å². The Labute approximate surface area is 140 Å². The summed E-state index contributed by atoms with van der Waals surface area (Å²) in [5.74, 6) is -3.13. The average Bonchev–Trinajstić information content (AvgIpc) is 3.02. The Morgan fingerprint density at radius 2 is 1.36 bits per heavy atom. The number of aromatic amines is 1. The van der Waals surface area contributed by atoms with Gasteiger partial charge < -0.3 is 0 Å². The second-order valence-electron chi connectivity index (χ2n) is 4.88. The molecule has 0 fully saturated rings. The molecule has 0 radical (unpaired) electrons. The number of aromatic nitrogens is 3. The fourth-order valence-corrected chi connectivity index (χ4v) is 2.01. The Kier molecular flexibility index (Phi) is 4.46. The van der Waals surface area contributed by atoms with Gasteiger partial charge in [0, 0.05) is 0 Å². The van der Waals surface area contributed by atoms with Gasteiger partial charge in [0.05, 0.1) is 11.1 Å². The van der Waals surface area contributed by atoms with Crippen molar-refractivity contribution in [3.8, 4) is 0 Å². The van der Waals surface area contributed by atoms with Crippen LogP contribution in [0.3, 0.4) is 0 Å². The van der Waals surface area contributed by atoms with Crippen LogP contribution in [0, 0.1) is 11.6 Å². The first-order valence-corrected chi connectivity index (χ1v) is 7.09. The summed E-state index contributed by atoms with van der Waals surface area (Å²) in [6, 6.07) is 10.8. The van der Waals surface area contributed by atoms with Crippen LogP contribution in [0.15, 0.2) is 48.5 Å². The molecule has 3 rings (SSSR count). The van der Waals surface area contributed by atoms with E-state index < -0.39 is 23.4 Å². The number of amides is 2. The number of hydrogen-bond acceptors (Lipinski definition) is 4. The minimum Gasteiger partial charge on any atom is -0.291 e. The number of nitrogens with zero attached hydrogens (tertiary/aromatic N) is 2. The topological polar surface area (TPSA) is 99.8 Å². The number of hydrogen-bond donors (Lipinski definition) is 3. The predicted molar refractivity (Wildman–Crippen MR) is 85.1 cm³/mol. The largest absolute Gasteiger partial charge is 0.291 e. The van der Waals surface area contributed by atoms with Gasteiger partial charge in [-0.2, -0.15) is 4.98 Å². The van der Waals surface area contributed by atoms with Gasteiger partial charge in [-0.05, 0) is 24.3 Å². The van der Waals surface area contributed by atoms with Crippen molar-refractivity contribution in [3.05, 3.63) is 71.3 Å². The van der Waals surface area contributed by atoms with Gasteiger partial charge in [-0.25, -0.2) is 13.9 Å². The fraction of sp³-hybridized carbons (Fsp3) is 0. The van der Waals surface area contributed by atoms with E-state index in [1.165, 1.54) is 36.4 Å². The first-order chi connectivity index (χ1) is 12.0. The molecule has 2 aromatic carbocycles. The predicted octanol–water partition coefficient (Wildman–Crippen LogP) is 2.59. The third kappa shape index (κ3) is 3.66. The third-order valence-corrected chi connectivity index (χ3v) is 3.18. The number of carbonyl (C=O) groups is 2. The van der Waals surface area contributed by atoms with Crippen LogP contribution in [0.1, 0.15) is 20.7 Å². The lowest BCUT2D eigenvalue weighted by atomic mass is 10.2. The summed E-state index contributed by atoms with van der Waals surface area (Å²) < 4.78 is 27.1. The molecule has 0 saturated heterocycles. The molecule has 0 aliphatic heterocycles. The lowest BCUT2D eigenvalue weighted by Crippen LogP contribution is -2.15. The van der Waals surface area contributed by atoms with E-state index >= 15 is 0 Å². The summed E-state index contributed by atoms with van der Waals surface area (Å²) in [5.41, 5.74) is -0.347. The maximum absolute atomic E-state index is 13.5. The highest BCUT2D eigenvalue weighted by Gasteiger charge is 2.16. The zero-order valence-corrected chi connectivity index (χ0v) is 12.6. The molecule has 2 amide bonds. The monoisotopic (exact) mass is 343 g/mol. The Hall–Kier alpha value is -3.62. The molecule has 3 aromatic rings. The van der Waals surface area contributed by atoms with Gasteiger partial charge in [0.1, 0.15) is 11.6 Å². The van der Waals surface area contributed by atoms with Crippen molar-refractivity contribution in [3.63, 3.8) is 0 Å². The van der Waals surface area contributed by atoms with Crippen molar-refractivity contribution < 1.29 is 18.4 Å². The van der Waals surface area contributed by atoms with E-state index in [0.717, 1.165) is 12.1 Å². The Bertz CT molecular complexity index is 868. The summed E-state index contributed by atoms with van der Waals surface area (Å²) in [6.07, 6.45) is 0. The van der Waals surface area contributed by atoms with Crippen molar-refractivity contribution in [1.29, 1.82) is 0 Å². The van der Waals surface area contributed by atoms with Gasteiger partial charge in [0.25, 0.3) is 17.8 Å². The molecule has 0 saturated carbocycles. The average molecular weight is 343 g/mol. The zero-order valence-electron chi connectivity index (χ0n) is 12.6. The van der Waals surface area contributed by atoms with E-state index in [0.29, 0.717) is 0 Å². The molecule has 7 nitrogen and oxygen atoms in total. The highest BCUT2D eigenvalue weighted by molar-refractivity contribution is 6.04. The minimum absolute atomic E-state index is 0.0999. The summed E-state index contributed by atoms with van der Waals surface area (Å²) >= 11 is 0. The molecule has 126 valence electrons. The molecule has 0 unspecified atom stereocenters. The van der Waals surface area contributed by atoms with Crippen LogP contribution in [-0.4, -0.2) is 27.0 Å². The van der Waals surface area contributed by atoms with Crippen molar-refractivity contribution >= 4 is 23.7 Å². The molecular weight excluding hydrogens is 332 g/mol. The van der Waals surface area contributed by atoms with Crippen LogP contribution < -0.4 is 10.6 Å². The summed E-state index contributed by atoms with van der Waals surface area (Å²) in [4.78, 5) is 27.7. The Morgan fingerprint density at radius 3 is 1.92 bits per heavy atom. The number of anilines is 2. The molecule has 0 aliphatic rings. The maximum atomic E-state index is 13.5. The van der Waals surface area contributed by atoms with Crippen molar-refractivity contribution in [1.82, 2.24) is 15.2 Å². The van der Waals surface area contributed by atoms with Crippen LogP contribution in [0.25, 0.3) is 0 Å². The second-order valence-corrected chi connectivity index (χ2v) is 4.88. The van der Waals surface area contributed by atoms with Crippen molar-refractivity contribution in [2.24, 2.45) is 0 Å². The van der Waals surface area contributed by atoms with Gasteiger partial charge >= 0.3 is 0 Å².